The Bertz CT molecular complexity index is 1250. The second-order valence-electron chi connectivity index (χ2n) is 9.90. The summed E-state index contributed by atoms with van der Waals surface area (Å²) in [6, 6.07) is 26.8. The molecule has 4 heteroatoms. The maximum absolute atomic E-state index is 3.25. The Labute approximate surface area is 201 Å². The summed E-state index contributed by atoms with van der Waals surface area (Å²) in [7, 11) is 0. The summed E-state index contributed by atoms with van der Waals surface area (Å²) >= 11 is -3.25. The van der Waals surface area contributed by atoms with E-state index >= 15 is 0 Å². The number of fused-ring (bicyclic) bond motifs is 2. The molecule has 2 aliphatic carbocycles. The Hall–Kier alpha value is -1.18. The first-order valence-electron chi connectivity index (χ1n) is 10.6. The monoisotopic (exact) mass is 542 g/mol. The largest absolute Gasteiger partial charge is 0.147 e. The summed E-state index contributed by atoms with van der Waals surface area (Å²) in [6.45, 7) is 4.77. The van der Waals surface area contributed by atoms with Gasteiger partial charge in [-0.2, -0.15) is 0 Å². The first-order chi connectivity index (χ1) is 13.9. The fraction of sp³-hybridized carbons (Fsp3) is 0.185. The van der Waals surface area contributed by atoms with E-state index < -0.39 is 17.4 Å². The van der Waals surface area contributed by atoms with E-state index in [-0.39, 0.29) is 24.8 Å². The Morgan fingerprint density at radius 3 is 2.16 bits per heavy atom. The van der Waals surface area contributed by atoms with Crippen molar-refractivity contribution in [3.05, 3.63) is 107 Å². The van der Waals surface area contributed by atoms with Crippen molar-refractivity contribution in [1.82, 2.24) is 0 Å². The van der Waals surface area contributed by atoms with E-state index in [0.29, 0.717) is 7.25 Å². The quantitative estimate of drug-likeness (QED) is 0.296. The fourth-order valence-corrected chi connectivity index (χ4v) is 24.1. The van der Waals surface area contributed by atoms with Gasteiger partial charge in [-0.05, 0) is 0 Å². The van der Waals surface area contributed by atoms with Crippen molar-refractivity contribution < 1.29 is 17.4 Å². The van der Waals surface area contributed by atoms with Gasteiger partial charge in [0.15, 0.2) is 0 Å². The van der Waals surface area contributed by atoms with Crippen LogP contribution in [0.15, 0.2) is 84.4 Å². The molecule has 0 nitrogen and oxygen atoms in total. The van der Waals surface area contributed by atoms with Gasteiger partial charge in [0.05, 0.1) is 0 Å². The summed E-state index contributed by atoms with van der Waals surface area (Å²) in [6.07, 6.45) is 7.38. The van der Waals surface area contributed by atoms with Crippen LogP contribution in [0.5, 0.6) is 0 Å². The minimum atomic E-state index is -3.25. The van der Waals surface area contributed by atoms with Gasteiger partial charge in [-0.15, -0.1) is 24.8 Å². The van der Waals surface area contributed by atoms with Gasteiger partial charge in [-0.25, -0.2) is 0 Å². The van der Waals surface area contributed by atoms with Crippen molar-refractivity contribution in [2.75, 3.05) is 0 Å². The first kappa shape index (κ1) is 24.5. The Balaban J connectivity index is 0.00000136. The molecule has 0 saturated heterocycles. The van der Waals surface area contributed by atoms with E-state index in [2.05, 4.69) is 114 Å². The molecule has 160 valence electrons. The van der Waals surface area contributed by atoms with Crippen molar-refractivity contribution in [3.8, 4) is 11.1 Å². The molecular formula is C27H30Cl2SiZr. The molecule has 0 aliphatic heterocycles. The second-order valence-corrected chi connectivity index (χ2v) is 40.5. The van der Waals surface area contributed by atoms with Crippen LogP contribution in [0.3, 0.4) is 0 Å². The number of halogens is 2. The Morgan fingerprint density at radius 1 is 0.774 bits per heavy atom. The molecule has 0 N–H and O–H groups in total. The van der Waals surface area contributed by atoms with Gasteiger partial charge < -0.3 is 0 Å². The molecule has 2 atom stereocenters. The molecule has 0 amide bonds. The molecule has 0 aromatic heterocycles. The van der Waals surface area contributed by atoms with E-state index in [1.807, 2.05) is 0 Å². The zero-order chi connectivity index (χ0) is 20.2. The molecule has 3 aromatic rings. The van der Waals surface area contributed by atoms with Crippen molar-refractivity contribution in [3.63, 3.8) is 0 Å². The molecule has 0 heterocycles. The van der Waals surface area contributed by atoms with Crippen LogP contribution in [0.25, 0.3) is 23.3 Å². The van der Waals surface area contributed by atoms with E-state index in [0.717, 1.165) is 0 Å². The average Bonchev–Trinajstić information content (AvgIpc) is 3.29. The standard InChI is InChI=1S/C16H13.C9H7.2CH3.2ClH.H2Si.Zr/c1-12-10-14-8-5-9-15(16(14)11-12)13-6-3-2-4-7-13;1-2-5-9-7-3-6-8(9)4-1;;;;;;/h2-11H,1H3;1-7H;2*1H3;2*1H;1H2;. The number of hydrogen-bond donors (Lipinski definition) is 0. The van der Waals surface area contributed by atoms with Crippen molar-refractivity contribution >= 4 is 43.8 Å². The summed E-state index contributed by atoms with van der Waals surface area (Å²) < 4.78 is 6.56. The van der Waals surface area contributed by atoms with Gasteiger partial charge in [0, 0.05) is 0 Å². The molecule has 0 fully saturated rings. The van der Waals surface area contributed by atoms with Gasteiger partial charge in [-0.1, -0.05) is 0 Å². The third kappa shape index (κ3) is 3.91. The summed E-state index contributed by atoms with van der Waals surface area (Å²) in [5.74, 6) is 0. The van der Waals surface area contributed by atoms with Crippen molar-refractivity contribution in [1.29, 1.82) is 0 Å². The molecule has 0 radical (unpaired) electrons. The summed E-state index contributed by atoms with van der Waals surface area (Å²) in [4.78, 5) is 0. The van der Waals surface area contributed by atoms with Crippen molar-refractivity contribution in [2.24, 2.45) is 0 Å². The van der Waals surface area contributed by atoms with Crippen LogP contribution in [0, 0.1) is 0 Å². The predicted molar refractivity (Wildman–Crippen MR) is 141 cm³/mol. The van der Waals surface area contributed by atoms with Crippen LogP contribution >= 0.6 is 24.8 Å². The van der Waals surface area contributed by atoms with E-state index in [1.165, 1.54) is 22.3 Å². The Morgan fingerprint density at radius 2 is 1.42 bits per heavy atom. The predicted octanol–water partition coefficient (Wildman–Crippen LogP) is 7.76. The smallest absolute Gasteiger partial charge is 0.147 e. The van der Waals surface area contributed by atoms with E-state index in [4.69, 9.17) is 0 Å². The summed E-state index contributed by atoms with van der Waals surface area (Å²) in [5.41, 5.74) is 10.2. The van der Waals surface area contributed by atoms with Gasteiger partial charge >= 0.3 is 178 Å². The van der Waals surface area contributed by atoms with E-state index in [1.54, 1.807) is 16.7 Å². The molecule has 31 heavy (non-hydrogen) atoms. The zero-order valence-electron chi connectivity index (χ0n) is 18.3. The molecule has 0 saturated carbocycles. The van der Waals surface area contributed by atoms with Crippen LogP contribution in [0.2, 0.25) is 9.26 Å². The van der Waals surface area contributed by atoms with E-state index in [9.17, 15) is 0 Å². The zero-order valence-corrected chi connectivity index (χ0v) is 23.8. The molecule has 0 spiro atoms. The maximum Gasteiger partial charge on any atom is -0.147 e. The maximum atomic E-state index is 2.68. The number of allylic oxidation sites excluding steroid dienone is 2. The third-order valence-corrected chi connectivity index (χ3v) is 25.0. The molecule has 2 unspecified atom stereocenters. The molecule has 3 aromatic carbocycles. The number of hydrogen-bond acceptors (Lipinski definition) is 0. The average molecular weight is 545 g/mol. The SMILES string of the molecule is CC1=Cc2c(-c3ccccc3)cccc2[CH]1[Zr]([CH3])([CH3])(=[SiH2])[CH]1C=Cc2ccccc21.Cl.Cl. The Kier molecular flexibility index (Phi) is 6.82. The van der Waals surface area contributed by atoms with Gasteiger partial charge in [0.2, 0.25) is 0 Å². The van der Waals surface area contributed by atoms with Crippen LogP contribution in [0.4, 0.5) is 0 Å². The fourth-order valence-electron chi connectivity index (χ4n) is 5.94. The topological polar surface area (TPSA) is 0 Å². The molecular weight excluding hydrogens is 515 g/mol. The minimum absolute atomic E-state index is 0. The van der Waals surface area contributed by atoms with Crippen LogP contribution in [-0.2, 0) is 17.4 Å². The third-order valence-electron chi connectivity index (χ3n) is 7.13. The first-order valence-corrected chi connectivity index (χ1v) is 24.2. The molecule has 2 aliphatic rings. The van der Waals surface area contributed by atoms with Gasteiger partial charge in [-0.3, -0.25) is 0 Å². The minimum Gasteiger partial charge on any atom is -0.147 e. The second kappa shape index (κ2) is 8.64. The molecule has 5 rings (SSSR count). The van der Waals surface area contributed by atoms with Crippen LogP contribution < -0.4 is 0 Å². The van der Waals surface area contributed by atoms with Crippen LogP contribution in [-0.4, -0.2) is 6.88 Å². The normalized spacial score (nSPS) is 19.0. The van der Waals surface area contributed by atoms with Crippen molar-refractivity contribution in [2.45, 2.75) is 23.4 Å². The number of benzene rings is 3. The van der Waals surface area contributed by atoms with Crippen LogP contribution in [0.1, 0.15) is 36.4 Å². The number of rotatable bonds is 3. The van der Waals surface area contributed by atoms with Gasteiger partial charge in [0.25, 0.3) is 0 Å². The molecule has 0 bridgehead atoms. The summed E-state index contributed by atoms with van der Waals surface area (Å²) in [5, 5.41) is 0. The van der Waals surface area contributed by atoms with Gasteiger partial charge in [0.1, 0.15) is 0 Å².